The van der Waals surface area contributed by atoms with Crippen LogP contribution in [-0.4, -0.2) is 134 Å². The molecule has 2 saturated carbocycles. The minimum absolute atomic E-state index is 0.00441. The maximum Gasteiger partial charge on any atom is 0.336 e. The van der Waals surface area contributed by atoms with Gasteiger partial charge in [-0.05, 0) is 67.6 Å². The number of aliphatic hydroxyl groups is 8. The van der Waals surface area contributed by atoms with Crippen LogP contribution >= 0.6 is 0 Å². The lowest BCUT2D eigenvalue weighted by molar-refractivity contribution is -0.378. The Balaban J connectivity index is 1.21. The highest BCUT2D eigenvalue weighted by Gasteiger charge is 2.62. The van der Waals surface area contributed by atoms with Gasteiger partial charge in [0.25, 0.3) is 0 Å². The topological polar surface area (TPSA) is 238 Å². The Hall–Kier alpha value is -2.25. The molecule has 4 aliphatic rings. The minimum atomic E-state index is -1.78. The van der Waals surface area contributed by atoms with Crippen LogP contribution in [0.5, 0.6) is 5.75 Å². The SMILES string of the molecule is CC1(O)CCC2C(C)(C)C(OC3OC(CO)C(O)C(O)C3OC3OC(CO)C(O)C(O)C3O)CCC2(C)C1COc1ccc2ccc(=O)oc2c1. The van der Waals surface area contributed by atoms with Crippen LogP contribution in [0.2, 0.25) is 0 Å². The molecule has 3 heterocycles. The monoisotopic (exact) mass is 724 g/mol. The summed E-state index contributed by atoms with van der Waals surface area (Å²) in [6.45, 7) is 6.98. The summed E-state index contributed by atoms with van der Waals surface area (Å²) in [6, 6.07) is 8.31. The molecule has 0 amide bonds. The molecule has 15 nitrogen and oxygen atoms in total. The van der Waals surface area contributed by atoms with E-state index >= 15 is 0 Å². The van der Waals surface area contributed by atoms with Crippen molar-refractivity contribution in [1.29, 1.82) is 0 Å². The lowest BCUT2D eigenvalue weighted by atomic mass is 9.45. The lowest BCUT2D eigenvalue weighted by Gasteiger charge is -2.63. The van der Waals surface area contributed by atoms with Gasteiger partial charge in [0.05, 0.1) is 31.5 Å². The third-order valence-corrected chi connectivity index (χ3v) is 12.2. The summed E-state index contributed by atoms with van der Waals surface area (Å²) >= 11 is 0. The first-order chi connectivity index (χ1) is 24.0. The zero-order chi connectivity index (χ0) is 37.0. The molecule has 8 N–H and O–H groups in total. The Morgan fingerprint density at radius 2 is 1.43 bits per heavy atom. The molecule has 15 heteroatoms. The van der Waals surface area contributed by atoms with E-state index in [1.807, 2.05) is 13.0 Å². The van der Waals surface area contributed by atoms with Gasteiger partial charge >= 0.3 is 5.63 Å². The maximum atomic E-state index is 11.8. The predicted molar refractivity (Wildman–Crippen MR) is 177 cm³/mol. The number of hydrogen-bond donors (Lipinski definition) is 8. The van der Waals surface area contributed by atoms with Gasteiger partial charge in [-0.2, -0.15) is 0 Å². The predicted octanol–water partition coefficient (Wildman–Crippen LogP) is -0.215. The first-order valence-corrected chi connectivity index (χ1v) is 17.6. The van der Waals surface area contributed by atoms with Crippen molar-refractivity contribution in [3.05, 3.63) is 40.8 Å². The first-order valence-electron chi connectivity index (χ1n) is 17.6. The average molecular weight is 725 g/mol. The number of ether oxygens (including phenoxy) is 5. The normalized spacial score (nSPS) is 44.2. The molecule has 2 aromatic rings. The van der Waals surface area contributed by atoms with E-state index in [1.54, 1.807) is 18.2 Å². The Bertz CT molecular complexity index is 1560. The van der Waals surface area contributed by atoms with Gasteiger partial charge in [0.2, 0.25) is 0 Å². The highest BCUT2D eigenvalue weighted by molar-refractivity contribution is 5.77. The van der Waals surface area contributed by atoms with Crippen molar-refractivity contribution in [3.8, 4) is 5.75 Å². The van der Waals surface area contributed by atoms with Crippen LogP contribution < -0.4 is 10.4 Å². The molecule has 51 heavy (non-hydrogen) atoms. The molecule has 2 saturated heterocycles. The quantitative estimate of drug-likeness (QED) is 0.123. The second-order valence-corrected chi connectivity index (χ2v) is 15.8. The number of benzene rings is 1. The molecule has 6 rings (SSSR count). The zero-order valence-electron chi connectivity index (χ0n) is 29.3. The molecule has 0 bridgehead atoms. The number of rotatable bonds is 9. The molecule has 15 unspecified atom stereocenters. The average Bonchev–Trinajstić information content (AvgIpc) is 3.08. The third-order valence-electron chi connectivity index (χ3n) is 12.2. The van der Waals surface area contributed by atoms with Gasteiger partial charge in [-0.3, -0.25) is 0 Å². The highest BCUT2D eigenvalue weighted by atomic mass is 16.8. The second-order valence-electron chi connectivity index (χ2n) is 15.8. The van der Waals surface area contributed by atoms with E-state index in [-0.39, 0.29) is 18.4 Å². The van der Waals surface area contributed by atoms with E-state index in [2.05, 4.69) is 20.8 Å². The van der Waals surface area contributed by atoms with Crippen molar-refractivity contribution in [2.75, 3.05) is 19.8 Å². The number of aliphatic hydroxyl groups excluding tert-OH is 7. The van der Waals surface area contributed by atoms with Crippen LogP contribution in [0, 0.1) is 22.7 Å². The van der Waals surface area contributed by atoms with Crippen LogP contribution in [0.1, 0.15) is 53.4 Å². The van der Waals surface area contributed by atoms with Crippen LogP contribution in [0.25, 0.3) is 11.0 Å². The van der Waals surface area contributed by atoms with E-state index in [0.717, 1.165) is 5.39 Å². The van der Waals surface area contributed by atoms with Crippen LogP contribution in [-0.2, 0) is 18.9 Å². The Kier molecular flexibility index (Phi) is 11.0. The van der Waals surface area contributed by atoms with Crippen LogP contribution in [0.4, 0.5) is 0 Å². The van der Waals surface area contributed by atoms with Gasteiger partial charge in [0.15, 0.2) is 12.6 Å². The third kappa shape index (κ3) is 7.09. The smallest absolute Gasteiger partial charge is 0.336 e. The Morgan fingerprint density at radius 3 is 2.12 bits per heavy atom. The van der Waals surface area contributed by atoms with Gasteiger partial charge in [-0.25, -0.2) is 4.79 Å². The lowest BCUT2D eigenvalue weighted by Crippen LogP contribution is -2.66. The molecule has 0 radical (unpaired) electrons. The standard InChI is InChI=1S/C36H52O15/c1-34(2)22-9-12-36(4,45)23(16-46-18-7-5-17-6-8-25(39)47-19(17)13-18)35(22,3)11-10-24(34)50-33-31(29(43)27(41)21(15-38)49-33)51-32-30(44)28(42)26(40)20(14-37)48-32/h5-8,13,20-24,26-33,37-38,40-45H,9-12,14-16H2,1-4H3. The summed E-state index contributed by atoms with van der Waals surface area (Å²) in [5.74, 6) is 0.213. The van der Waals surface area contributed by atoms with E-state index in [1.165, 1.54) is 6.07 Å². The molecule has 15 atom stereocenters. The molecule has 2 aliphatic carbocycles. The summed E-state index contributed by atoms with van der Waals surface area (Å²) in [5.41, 5.74) is -2.09. The summed E-state index contributed by atoms with van der Waals surface area (Å²) in [6.07, 6.45) is -13.7. The molecule has 0 spiro atoms. The molecule has 1 aromatic carbocycles. The van der Waals surface area contributed by atoms with Crippen molar-refractivity contribution in [1.82, 2.24) is 0 Å². The van der Waals surface area contributed by atoms with Gasteiger partial charge < -0.3 is 69.0 Å². The fraction of sp³-hybridized carbons (Fsp3) is 0.750. The van der Waals surface area contributed by atoms with Crippen LogP contribution in [0.3, 0.4) is 0 Å². The second kappa shape index (κ2) is 14.5. The maximum absolute atomic E-state index is 11.8. The van der Waals surface area contributed by atoms with Crippen molar-refractivity contribution in [2.24, 2.45) is 22.7 Å². The fourth-order valence-corrected chi connectivity index (χ4v) is 9.23. The van der Waals surface area contributed by atoms with Crippen molar-refractivity contribution in [3.63, 3.8) is 0 Å². The first kappa shape index (κ1) is 38.5. The largest absolute Gasteiger partial charge is 0.493 e. The van der Waals surface area contributed by atoms with Crippen molar-refractivity contribution >= 4 is 11.0 Å². The molecular formula is C36H52O15. The van der Waals surface area contributed by atoms with E-state index in [4.69, 9.17) is 28.1 Å². The minimum Gasteiger partial charge on any atom is -0.493 e. The molecular weight excluding hydrogens is 672 g/mol. The highest BCUT2D eigenvalue weighted by Crippen LogP contribution is 2.62. The summed E-state index contributed by atoms with van der Waals surface area (Å²) in [7, 11) is 0. The van der Waals surface area contributed by atoms with Crippen molar-refractivity contribution in [2.45, 2.75) is 126 Å². The van der Waals surface area contributed by atoms with Gasteiger partial charge in [-0.15, -0.1) is 0 Å². The van der Waals surface area contributed by atoms with E-state index in [0.29, 0.717) is 37.0 Å². The number of fused-ring (bicyclic) bond motifs is 2. The summed E-state index contributed by atoms with van der Waals surface area (Å²) in [4.78, 5) is 11.8. The Morgan fingerprint density at radius 1 is 0.784 bits per heavy atom. The summed E-state index contributed by atoms with van der Waals surface area (Å²) < 4.78 is 35.6. The van der Waals surface area contributed by atoms with Gasteiger partial charge in [0.1, 0.15) is 60.2 Å². The summed E-state index contributed by atoms with van der Waals surface area (Å²) in [5, 5.41) is 85.2. The number of hydrogen-bond acceptors (Lipinski definition) is 15. The van der Waals surface area contributed by atoms with Crippen molar-refractivity contribution < 1.29 is 69.0 Å². The Labute approximate surface area is 295 Å². The fourth-order valence-electron chi connectivity index (χ4n) is 9.23. The zero-order valence-corrected chi connectivity index (χ0v) is 29.3. The van der Waals surface area contributed by atoms with E-state index in [9.17, 15) is 45.6 Å². The molecule has 286 valence electrons. The molecule has 4 fully saturated rings. The van der Waals surface area contributed by atoms with E-state index < -0.39 is 103 Å². The molecule has 2 aliphatic heterocycles. The van der Waals surface area contributed by atoms with Gasteiger partial charge in [-0.1, -0.05) is 20.8 Å². The van der Waals surface area contributed by atoms with Crippen LogP contribution in [0.15, 0.2) is 39.5 Å². The van der Waals surface area contributed by atoms with Gasteiger partial charge in [0, 0.05) is 23.4 Å². The molecule has 1 aromatic heterocycles.